The Morgan fingerprint density at radius 1 is 1.00 bits per heavy atom. The summed E-state index contributed by atoms with van der Waals surface area (Å²) in [4.78, 5) is 30.8. The molecule has 0 aromatic heterocycles. The number of quaternary nitrogens is 1. The number of amides is 2. The Morgan fingerprint density at radius 2 is 1.72 bits per heavy atom. The predicted octanol–water partition coefficient (Wildman–Crippen LogP) is 1.35. The lowest BCUT2D eigenvalue weighted by molar-refractivity contribution is -0.915. The highest BCUT2D eigenvalue weighted by atomic mass is 16.5. The maximum atomic E-state index is 13.2. The number of carbonyl (C=O) groups is 2. The van der Waals surface area contributed by atoms with E-state index in [-0.39, 0.29) is 24.3 Å². The van der Waals surface area contributed by atoms with Gasteiger partial charge < -0.3 is 14.5 Å². The lowest BCUT2D eigenvalue weighted by Crippen LogP contribution is -3.19. The van der Waals surface area contributed by atoms with Gasteiger partial charge in [-0.1, -0.05) is 29.8 Å². The standard InChI is InChI=1S/C23H27N3O3/c1-16-8-9-18(17(2)14-16)26-22(27)15-20(23(26)28)25-12-10-24(11-13-25)19-6-4-5-7-21(19)29-3/h4-9,14,20H,10-13,15H2,1-3H3/p+1/t20-/m1/s1. The van der Waals surface area contributed by atoms with E-state index >= 15 is 0 Å². The Hall–Kier alpha value is -2.86. The number of para-hydroxylation sites is 2. The van der Waals surface area contributed by atoms with Crippen LogP contribution in [0.3, 0.4) is 0 Å². The third-order valence-corrected chi connectivity index (χ3v) is 6.06. The zero-order valence-corrected chi connectivity index (χ0v) is 17.3. The molecule has 152 valence electrons. The average Bonchev–Trinajstić information content (AvgIpc) is 3.02. The molecule has 29 heavy (non-hydrogen) atoms. The van der Waals surface area contributed by atoms with Gasteiger partial charge in [-0.2, -0.15) is 0 Å². The number of ether oxygens (including phenoxy) is 1. The molecule has 1 atom stereocenters. The van der Waals surface area contributed by atoms with Crippen LogP contribution in [0.1, 0.15) is 17.5 Å². The topological polar surface area (TPSA) is 54.3 Å². The highest BCUT2D eigenvalue weighted by molar-refractivity contribution is 6.22. The molecule has 2 heterocycles. The van der Waals surface area contributed by atoms with Crippen LogP contribution in [-0.2, 0) is 9.59 Å². The molecule has 0 radical (unpaired) electrons. The molecule has 6 nitrogen and oxygen atoms in total. The monoisotopic (exact) mass is 394 g/mol. The second kappa shape index (κ2) is 7.87. The lowest BCUT2D eigenvalue weighted by Gasteiger charge is -2.36. The van der Waals surface area contributed by atoms with Crippen molar-refractivity contribution in [1.82, 2.24) is 0 Å². The van der Waals surface area contributed by atoms with Crippen molar-refractivity contribution in [2.75, 3.05) is 43.1 Å². The van der Waals surface area contributed by atoms with Crippen molar-refractivity contribution in [1.29, 1.82) is 0 Å². The van der Waals surface area contributed by atoms with Crippen LogP contribution in [-0.4, -0.2) is 51.1 Å². The second-order valence-electron chi connectivity index (χ2n) is 7.93. The van der Waals surface area contributed by atoms with Crippen LogP contribution in [0, 0.1) is 13.8 Å². The summed E-state index contributed by atoms with van der Waals surface area (Å²) in [5.41, 5.74) is 3.89. The highest BCUT2D eigenvalue weighted by Crippen LogP contribution is 2.28. The van der Waals surface area contributed by atoms with Crippen molar-refractivity contribution in [3.8, 4) is 5.75 Å². The van der Waals surface area contributed by atoms with Crippen LogP contribution in [0.15, 0.2) is 42.5 Å². The van der Waals surface area contributed by atoms with Crippen LogP contribution in [0.25, 0.3) is 0 Å². The van der Waals surface area contributed by atoms with Crippen molar-refractivity contribution in [2.45, 2.75) is 26.3 Å². The molecular formula is C23H28N3O3+. The number of benzene rings is 2. The smallest absolute Gasteiger partial charge is 0.292 e. The van der Waals surface area contributed by atoms with Crippen LogP contribution < -0.4 is 19.4 Å². The minimum absolute atomic E-state index is 0.0669. The average molecular weight is 394 g/mol. The van der Waals surface area contributed by atoms with Crippen LogP contribution >= 0.6 is 0 Å². The van der Waals surface area contributed by atoms with E-state index in [1.807, 2.05) is 50.2 Å². The van der Waals surface area contributed by atoms with Gasteiger partial charge in [-0.3, -0.25) is 9.59 Å². The van der Waals surface area contributed by atoms with Gasteiger partial charge >= 0.3 is 0 Å². The minimum atomic E-state index is -0.289. The zero-order chi connectivity index (χ0) is 20.5. The van der Waals surface area contributed by atoms with Crippen molar-refractivity contribution in [2.24, 2.45) is 0 Å². The number of carbonyl (C=O) groups excluding carboxylic acids is 2. The van der Waals surface area contributed by atoms with Crippen molar-refractivity contribution < 1.29 is 19.2 Å². The van der Waals surface area contributed by atoms with E-state index in [4.69, 9.17) is 4.74 Å². The summed E-state index contributed by atoms with van der Waals surface area (Å²) >= 11 is 0. The van der Waals surface area contributed by atoms with Gasteiger partial charge in [0.25, 0.3) is 5.91 Å². The van der Waals surface area contributed by atoms with Gasteiger partial charge in [0.15, 0.2) is 6.04 Å². The second-order valence-corrected chi connectivity index (χ2v) is 7.93. The summed E-state index contributed by atoms with van der Waals surface area (Å²) in [7, 11) is 1.69. The number of rotatable bonds is 4. The Labute approximate surface area is 171 Å². The van der Waals surface area contributed by atoms with Gasteiger partial charge in [-0.15, -0.1) is 0 Å². The molecule has 2 saturated heterocycles. The van der Waals surface area contributed by atoms with Gasteiger partial charge in [0.05, 0.1) is 51.1 Å². The van der Waals surface area contributed by atoms with Gasteiger partial charge in [0.1, 0.15) is 5.75 Å². The quantitative estimate of drug-likeness (QED) is 0.796. The van der Waals surface area contributed by atoms with Crippen LogP contribution in [0.4, 0.5) is 11.4 Å². The van der Waals surface area contributed by atoms with Gasteiger partial charge in [0.2, 0.25) is 5.91 Å². The number of aryl methyl sites for hydroxylation is 2. The summed E-state index contributed by atoms with van der Waals surface area (Å²) in [6, 6.07) is 13.6. The van der Waals surface area contributed by atoms with Crippen molar-refractivity contribution in [3.63, 3.8) is 0 Å². The fourth-order valence-electron chi connectivity index (χ4n) is 4.53. The maximum absolute atomic E-state index is 13.2. The van der Waals surface area contributed by atoms with Gasteiger partial charge in [-0.05, 0) is 37.6 Å². The number of hydrogen-bond donors (Lipinski definition) is 1. The molecule has 0 saturated carbocycles. The molecule has 0 unspecified atom stereocenters. The van der Waals surface area contributed by atoms with E-state index < -0.39 is 0 Å². The summed E-state index contributed by atoms with van der Waals surface area (Å²) in [5.74, 6) is 0.707. The normalized spacial score (nSPS) is 20.4. The van der Waals surface area contributed by atoms with E-state index in [1.165, 1.54) is 9.80 Å². The molecule has 4 rings (SSSR count). The number of anilines is 2. The number of piperazine rings is 1. The van der Waals surface area contributed by atoms with Crippen molar-refractivity contribution in [3.05, 3.63) is 53.6 Å². The molecule has 2 aromatic rings. The third-order valence-electron chi connectivity index (χ3n) is 6.06. The van der Waals surface area contributed by atoms with E-state index in [0.717, 1.165) is 54.4 Å². The summed E-state index contributed by atoms with van der Waals surface area (Å²) in [6.45, 7) is 7.27. The molecule has 2 aromatic carbocycles. The molecule has 2 amide bonds. The molecule has 0 aliphatic carbocycles. The first-order valence-corrected chi connectivity index (χ1v) is 10.2. The summed E-state index contributed by atoms with van der Waals surface area (Å²) in [5, 5.41) is 0. The summed E-state index contributed by atoms with van der Waals surface area (Å²) in [6.07, 6.45) is 0.288. The maximum Gasteiger partial charge on any atom is 0.292 e. The van der Waals surface area contributed by atoms with Crippen LogP contribution in [0.2, 0.25) is 0 Å². The minimum Gasteiger partial charge on any atom is -0.495 e. The van der Waals surface area contributed by atoms with E-state index in [9.17, 15) is 9.59 Å². The molecule has 2 fully saturated rings. The Balaban J connectivity index is 1.47. The molecule has 0 bridgehead atoms. The predicted molar refractivity (Wildman–Crippen MR) is 113 cm³/mol. The first-order valence-electron chi connectivity index (χ1n) is 10.2. The zero-order valence-electron chi connectivity index (χ0n) is 17.3. The number of nitrogens with zero attached hydrogens (tertiary/aromatic N) is 2. The van der Waals surface area contributed by atoms with E-state index in [2.05, 4.69) is 11.0 Å². The molecule has 2 aliphatic heterocycles. The third kappa shape index (κ3) is 3.60. The van der Waals surface area contributed by atoms with E-state index in [0.29, 0.717) is 0 Å². The Bertz CT molecular complexity index is 935. The Morgan fingerprint density at radius 3 is 2.41 bits per heavy atom. The highest BCUT2D eigenvalue weighted by Gasteiger charge is 2.46. The Kier molecular flexibility index (Phi) is 5.28. The molecule has 1 N–H and O–H groups in total. The first-order chi connectivity index (χ1) is 14.0. The van der Waals surface area contributed by atoms with Crippen LogP contribution in [0.5, 0.6) is 5.75 Å². The van der Waals surface area contributed by atoms with Gasteiger partial charge in [0, 0.05) is 0 Å². The first kappa shape index (κ1) is 19.5. The fourth-order valence-corrected chi connectivity index (χ4v) is 4.53. The molecule has 0 spiro atoms. The van der Waals surface area contributed by atoms with Crippen molar-refractivity contribution >= 4 is 23.2 Å². The largest absolute Gasteiger partial charge is 0.495 e. The number of hydrogen-bond acceptors (Lipinski definition) is 4. The van der Waals surface area contributed by atoms with E-state index in [1.54, 1.807) is 7.11 Å². The number of imide groups is 1. The lowest BCUT2D eigenvalue weighted by atomic mass is 10.1. The molecule has 6 heteroatoms. The number of methoxy groups -OCH3 is 1. The molecule has 2 aliphatic rings. The SMILES string of the molecule is COc1ccccc1N1CC[NH+]([C@@H]2CC(=O)N(c3ccc(C)cc3C)C2=O)CC1. The summed E-state index contributed by atoms with van der Waals surface area (Å²) < 4.78 is 5.49. The number of nitrogens with one attached hydrogen (secondary N) is 1. The van der Waals surface area contributed by atoms with Gasteiger partial charge in [-0.25, -0.2) is 4.90 Å². The fraction of sp³-hybridized carbons (Fsp3) is 0.391. The molecular weight excluding hydrogens is 366 g/mol.